The lowest BCUT2D eigenvalue weighted by atomic mass is 10.2. The van der Waals surface area contributed by atoms with E-state index in [1.54, 1.807) is 28.2 Å². The molecule has 1 rings (SSSR count). The molecule has 0 bridgehead atoms. The monoisotopic (exact) mass is 296 g/mol. The van der Waals surface area contributed by atoms with E-state index >= 15 is 0 Å². The topological polar surface area (TPSA) is 68.8 Å². The van der Waals surface area contributed by atoms with Gasteiger partial charge in [-0.05, 0) is 24.6 Å². The maximum atomic E-state index is 11.5. The van der Waals surface area contributed by atoms with Crippen LogP contribution in [-0.2, 0) is 16.1 Å². The summed E-state index contributed by atoms with van der Waals surface area (Å²) in [7, 11) is 4.82. The molecular weight excluding hydrogens is 272 g/mol. The number of methoxy groups -OCH3 is 2. The molecule has 0 saturated carbocycles. The minimum Gasteiger partial charge on any atom is -0.493 e. The highest BCUT2D eigenvalue weighted by Gasteiger charge is 2.15. The van der Waals surface area contributed by atoms with Crippen molar-refractivity contribution in [1.82, 2.24) is 10.6 Å². The first kappa shape index (κ1) is 17.3. The van der Waals surface area contributed by atoms with Crippen molar-refractivity contribution in [3.05, 3.63) is 23.8 Å². The summed E-state index contributed by atoms with van der Waals surface area (Å²) in [5, 5.41) is 5.81. The van der Waals surface area contributed by atoms with Crippen molar-refractivity contribution < 1.29 is 19.0 Å². The lowest BCUT2D eigenvalue weighted by molar-refractivity contribution is -0.126. The maximum absolute atomic E-state index is 11.5. The van der Waals surface area contributed by atoms with Crippen molar-refractivity contribution in [2.75, 3.05) is 34.4 Å². The summed E-state index contributed by atoms with van der Waals surface area (Å²) in [5.41, 5.74) is 1.05. The van der Waals surface area contributed by atoms with E-state index in [1.165, 1.54) is 0 Å². The highest BCUT2D eigenvalue weighted by Crippen LogP contribution is 2.29. The van der Waals surface area contributed by atoms with Gasteiger partial charge in [-0.3, -0.25) is 4.79 Å². The molecule has 1 unspecified atom stereocenters. The third-order valence-corrected chi connectivity index (χ3v) is 2.96. The van der Waals surface area contributed by atoms with Gasteiger partial charge in [0, 0.05) is 27.2 Å². The van der Waals surface area contributed by atoms with Crippen LogP contribution in [0.1, 0.15) is 12.5 Å². The Bertz CT molecular complexity index is 451. The van der Waals surface area contributed by atoms with Crippen LogP contribution in [0, 0.1) is 0 Å². The van der Waals surface area contributed by atoms with E-state index in [0.717, 1.165) is 12.1 Å². The Labute approximate surface area is 125 Å². The van der Waals surface area contributed by atoms with E-state index < -0.39 is 6.10 Å². The third kappa shape index (κ3) is 5.61. The van der Waals surface area contributed by atoms with Gasteiger partial charge in [-0.25, -0.2) is 0 Å². The number of nitrogens with one attached hydrogen (secondary N) is 2. The van der Waals surface area contributed by atoms with Crippen LogP contribution >= 0.6 is 0 Å². The van der Waals surface area contributed by atoms with Gasteiger partial charge in [0.05, 0.1) is 13.7 Å². The second kappa shape index (κ2) is 9.20. The summed E-state index contributed by atoms with van der Waals surface area (Å²) < 4.78 is 15.9. The van der Waals surface area contributed by atoms with Crippen LogP contribution in [0.3, 0.4) is 0 Å². The highest BCUT2D eigenvalue weighted by molar-refractivity contribution is 5.80. The SMILES string of the molecule is CNC(=O)C(C)Oc1cc(CNCCOC)ccc1OC. The lowest BCUT2D eigenvalue weighted by Crippen LogP contribution is -2.33. The first-order valence-corrected chi connectivity index (χ1v) is 6.87. The Morgan fingerprint density at radius 1 is 1.29 bits per heavy atom. The number of rotatable bonds is 9. The summed E-state index contributed by atoms with van der Waals surface area (Å²) in [6, 6.07) is 5.66. The molecule has 1 amide bonds. The number of amides is 1. The van der Waals surface area contributed by atoms with Crippen molar-refractivity contribution in [1.29, 1.82) is 0 Å². The zero-order valence-corrected chi connectivity index (χ0v) is 13.1. The summed E-state index contributed by atoms with van der Waals surface area (Å²) in [6.45, 7) is 3.82. The largest absolute Gasteiger partial charge is 0.493 e. The third-order valence-electron chi connectivity index (χ3n) is 2.96. The number of carbonyl (C=O) groups is 1. The molecule has 1 atom stereocenters. The van der Waals surface area contributed by atoms with Gasteiger partial charge in [0.15, 0.2) is 17.6 Å². The van der Waals surface area contributed by atoms with Gasteiger partial charge in [0.1, 0.15) is 0 Å². The van der Waals surface area contributed by atoms with Gasteiger partial charge in [-0.2, -0.15) is 0 Å². The van der Waals surface area contributed by atoms with Gasteiger partial charge >= 0.3 is 0 Å². The molecule has 1 aromatic carbocycles. The first-order chi connectivity index (χ1) is 10.1. The van der Waals surface area contributed by atoms with Crippen molar-refractivity contribution in [3.8, 4) is 11.5 Å². The molecular formula is C15H24N2O4. The Kier molecular flexibility index (Phi) is 7.56. The lowest BCUT2D eigenvalue weighted by Gasteiger charge is -2.16. The zero-order valence-electron chi connectivity index (χ0n) is 13.1. The van der Waals surface area contributed by atoms with Gasteiger partial charge in [-0.1, -0.05) is 6.07 Å². The molecule has 0 aromatic heterocycles. The minimum absolute atomic E-state index is 0.180. The number of hydrogen-bond acceptors (Lipinski definition) is 5. The second-order valence-corrected chi connectivity index (χ2v) is 4.53. The van der Waals surface area contributed by atoms with Crippen molar-refractivity contribution in [2.45, 2.75) is 19.6 Å². The van der Waals surface area contributed by atoms with E-state index in [9.17, 15) is 4.79 Å². The van der Waals surface area contributed by atoms with Gasteiger partial charge in [-0.15, -0.1) is 0 Å². The molecule has 0 saturated heterocycles. The average Bonchev–Trinajstić information content (AvgIpc) is 2.51. The molecule has 21 heavy (non-hydrogen) atoms. The fourth-order valence-corrected chi connectivity index (χ4v) is 1.78. The van der Waals surface area contributed by atoms with Crippen molar-refractivity contribution >= 4 is 5.91 Å². The van der Waals surface area contributed by atoms with E-state index in [2.05, 4.69) is 10.6 Å². The van der Waals surface area contributed by atoms with Crippen LogP contribution in [0.15, 0.2) is 18.2 Å². The standard InChI is InChI=1S/C15H24N2O4/c1-11(15(18)16-2)21-14-9-12(5-6-13(14)20-4)10-17-7-8-19-3/h5-6,9,11,17H,7-8,10H2,1-4H3,(H,16,18). The van der Waals surface area contributed by atoms with Crippen LogP contribution in [0.2, 0.25) is 0 Å². The van der Waals surface area contributed by atoms with E-state index in [1.807, 2.05) is 18.2 Å². The molecule has 118 valence electrons. The number of ether oxygens (including phenoxy) is 3. The Hall–Kier alpha value is -1.79. The smallest absolute Gasteiger partial charge is 0.260 e. The molecule has 0 aliphatic heterocycles. The summed E-state index contributed by atoms with van der Waals surface area (Å²) in [6.07, 6.45) is -0.583. The summed E-state index contributed by atoms with van der Waals surface area (Å²) in [5.74, 6) is 0.978. The van der Waals surface area contributed by atoms with Crippen molar-refractivity contribution in [3.63, 3.8) is 0 Å². The molecule has 0 aliphatic rings. The number of hydrogen-bond donors (Lipinski definition) is 2. The van der Waals surface area contributed by atoms with Crippen molar-refractivity contribution in [2.24, 2.45) is 0 Å². The zero-order chi connectivity index (χ0) is 15.7. The predicted molar refractivity (Wildman–Crippen MR) is 80.7 cm³/mol. The van der Waals surface area contributed by atoms with Crippen LogP contribution < -0.4 is 20.1 Å². The van der Waals surface area contributed by atoms with Gasteiger partial charge in [0.2, 0.25) is 0 Å². The fourth-order valence-electron chi connectivity index (χ4n) is 1.78. The molecule has 0 heterocycles. The normalized spacial score (nSPS) is 11.8. The molecule has 1 aromatic rings. The maximum Gasteiger partial charge on any atom is 0.260 e. The van der Waals surface area contributed by atoms with Crippen LogP contribution in [0.25, 0.3) is 0 Å². The molecule has 0 radical (unpaired) electrons. The average molecular weight is 296 g/mol. The summed E-state index contributed by atoms with van der Waals surface area (Å²) in [4.78, 5) is 11.5. The number of likely N-dealkylation sites (N-methyl/N-ethyl adjacent to an activating group) is 1. The van der Waals surface area contributed by atoms with E-state index in [-0.39, 0.29) is 5.91 Å². The Morgan fingerprint density at radius 2 is 2.05 bits per heavy atom. The fraction of sp³-hybridized carbons (Fsp3) is 0.533. The van der Waals surface area contributed by atoms with Crippen LogP contribution in [0.5, 0.6) is 11.5 Å². The van der Waals surface area contributed by atoms with Gasteiger partial charge in [0.25, 0.3) is 5.91 Å². The quantitative estimate of drug-likeness (QED) is 0.664. The molecule has 0 spiro atoms. The Morgan fingerprint density at radius 3 is 2.67 bits per heavy atom. The molecule has 2 N–H and O–H groups in total. The first-order valence-electron chi connectivity index (χ1n) is 6.87. The minimum atomic E-state index is -0.583. The molecule has 6 heteroatoms. The second-order valence-electron chi connectivity index (χ2n) is 4.53. The molecule has 0 fully saturated rings. The van der Waals surface area contributed by atoms with Crippen LogP contribution in [0.4, 0.5) is 0 Å². The summed E-state index contributed by atoms with van der Waals surface area (Å²) >= 11 is 0. The molecule has 6 nitrogen and oxygen atoms in total. The molecule has 0 aliphatic carbocycles. The van der Waals surface area contributed by atoms with E-state index in [0.29, 0.717) is 24.7 Å². The predicted octanol–water partition coefficient (Wildman–Crippen LogP) is 0.945. The van der Waals surface area contributed by atoms with Gasteiger partial charge < -0.3 is 24.8 Å². The van der Waals surface area contributed by atoms with Crippen LogP contribution in [-0.4, -0.2) is 46.4 Å². The number of carbonyl (C=O) groups excluding carboxylic acids is 1. The van der Waals surface area contributed by atoms with E-state index in [4.69, 9.17) is 14.2 Å². The highest BCUT2D eigenvalue weighted by atomic mass is 16.5. The Balaban J connectivity index is 2.73. The number of benzene rings is 1.